The molecule has 0 aromatic heterocycles. The van der Waals surface area contributed by atoms with Crippen LogP contribution in [0.25, 0.3) is 21.3 Å². The van der Waals surface area contributed by atoms with Gasteiger partial charge in [-0.2, -0.15) is 26.2 Å². The van der Waals surface area contributed by atoms with Crippen LogP contribution in [0.3, 0.4) is 0 Å². The van der Waals surface area contributed by atoms with Crippen LogP contribution in [-0.2, 0) is 17.1 Å². The molecule has 0 unspecified atom stereocenters. The molecule has 0 N–H and O–H groups in total. The molecule has 0 bridgehead atoms. The summed E-state index contributed by atoms with van der Waals surface area (Å²) in [7, 11) is 0. The quantitative estimate of drug-likeness (QED) is 0.577. The molecule has 0 aliphatic carbocycles. The zero-order valence-corrected chi connectivity index (χ0v) is 15.4. The van der Waals surface area contributed by atoms with Crippen LogP contribution in [0.1, 0.15) is 54.4 Å². The molecule has 0 aromatic carbocycles. The van der Waals surface area contributed by atoms with Gasteiger partial charge in [-0.05, 0) is 0 Å². The van der Waals surface area contributed by atoms with E-state index >= 15 is 0 Å². The van der Waals surface area contributed by atoms with Gasteiger partial charge in [0.15, 0.2) is 0 Å². The minimum Gasteiger partial charge on any atom is -0.661 e. The molecule has 0 aromatic rings. The van der Waals surface area contributed by atoms with Crippen molar-refractivity contribution in [3.05, 3.63) is 21.3 Å². The van der Waals surface area contributed by atoms with Crippen LogP contribution in [0.15, 0.2) is 0 Å². The fraction of sp³-hybridized carbons (Fsp3) is 1.00. The Labute approximate surface area is 142 Å². The summed E-state index contributed by atoms with van der Waals surface area (Å²) in [6, 6.07) is 0.705. The molecule has 0 spiro atoms. The first-order valence-corrected chi connectivity index (χ1v) is 7.91. The molecule has 5 heteroatoms. The van der Waals surface area contributed by atoms with E-state index in [0.29, 0.717) is 12.1 Å². The molecular formula is C16H32CuN4-4. The van der Waals surface area contributed by atoms with Crippen LogP contribution in [0.5, 0.6) is 0 Å². The zero-order chi connectivity index (χ0) is 15.2. The van der Waals surface area contributed by atoms with E-state index in [1.807, 2.05) is 0 Å². The summed E-state index contributed by atoms with van der Waals surface area (Å²) in [5.74, 6) is 0. The predicted molar refractivity (Wildman–Crippen MR) is 89.2 cm³/mol. The smallest absolute Gasteiger partial charge is 0 e. The molecule has 1 radical (unpaired) electrons. The van der Waals surface area contributed by atoms with E-state index in [2.05, 4.69) is 41.5 Å². The Morgan fingerprint density at radius 1 is 0.667 bits per heavy atom. The maximum absolute atomic E-state index is 4.79. The normalized spacial score (nSPS) is 31.7. The summed E-state index contributed by atoms with van der Waals surface area (Å²) in [5.41, 5.74) is 0.00438. The van der Waals surface area contributed by atoms with Gasteiger partial charge >= 0.3 is 0 Å². The molecule has 1 saturated heterocycles. The van der Waals surface area contributed by atoms with Crippen molar-refractivity contribution in [1.82, 2.24) is 0 Å². The summed E-state index contributed by atoms with van der Waals surface area (Å²) in [6.45, 7) is 16.4. The van der Waals surface area contributed by atoms with Gasteiger partial charge in [-0.25, -0.2) is 0 Å². The Kier molecular flexibility index (Phi) is 9.65. The summed E-state index contributed by atoms with van der Waals surface area (Å²) >= 11 is 0. The van der Waals surface area contributed by atoms with Crippen LogP contribution in [0, 0.1) is 0 Å². The third-order valence-electron chi connectivity index (χ3n) is 3.75. The summed E-state index contributed by atoms with van der Waals surface area (Å²) in [6.07, 6.45) is 2.01. The van der Waals surface area contributed by atoms with Gasteiger partial charge in [0.05, 0.1) is 0 Å². The van der Waals surface area contributed by atoms with Gasteiger partial charge in [0.2, 0.25) is 0 Å². The molecule has 4 nitrogen and oxygen atoms in total. The minimum absolute atomic E-state index is 0. The topological polar surface area (TPSA) is 56.4 Å². The van der Waals surface area contributed by atoms with Crippen LogP contribution in [0.4, 0.5) is 0 Å². The molecule has 0 amide bonds. The maximum atomic E-state index is 4.79. The van der Waals surface area contributed by atoms with Crippen molar-refractivity contribution in [1.29, 1.82) is 0 Å². The fourth-order valence-corrected chi connectivity index (χ4v) is 2.97. The summed E-state index contributed by atoms with van der Waals surface area (Å²) in [4.78, 5) is 0. The van der Waals surface area contributed by atoms with Gasteiger partial charge in [0.25, 0.3) is 0 Å². The Hall–Kier alpha value is 0.359. The van der Waals surface area contributed by atoms with Gasteiger partial charge in [-0.3, -0.25) is 0 Å². The van der Waals surface area contributed by atoms with E-state index in [-0.39, 0.29) is 28.1 Å². The molecule has 1 fully saturated rings. The largest absolute Gasteiger partial charge is 0.661 e. The zero-order valence-electron chi connectivity index (χ0n) is 14.5. The van der Waals surface area contributed by atoms with Crippen molar-refractivity contribution >= 4 is 0 Å². The first-order valence-electron chi connectivity index (χ1n) is 7.91. The van der Waals surface area contributed by atoms with Gasteiger partial charge in [0, 0.05) is 17.1 Å². The summed E-state index contributed by atoms with van der Waals surface area (Å²) in [5, 5.41) is 19.0. The van der Waals surface area contributed by atoms with E-state index in [9.17, 15) is 0 Å². The van der Waals surface area contributed by atoms with E-state index in [1.54, 1.807) is 0 Å². The number of hydrogen-bond donors (Lipinski definition) is 0. The Morgan fingerprint density at radius 2 is 1.00 bits per heavy atom. The van der Waals surface area contributed by atoms with Crippen LogP contribution in [0.2, 0.25) is 0 Å². The van der Waals surface area contributed by atoms with E-state index in [4.69, 9.17) is 21.3 Å². The first kappa shape index (κ1) is 21.4. The number of rotatable bonds is 0. The molecule has 1 aliphatic rings. The molecule has 1 rings (SSSR count). The number of hydrogen-bond acceptors (Lipinski definition) is 0. The maximum Gasteiger partial charge on any atom is 0 e. The molecule has 21 heavy (non-hydrogen) atoms. The molecule has 131 valence electrons. The van der Waals surface area contributed by atoms with Crippen LogP contribution >= 0.6 is 0 Å². The monoisotopic (exact) mass is 344 g/mol. The van der Waals surface area contributed by atoms with Crippen LogP contribution in [-0.4, -0.2) is 49.3 Å². The minimum atomic E-state index is 0. The standard InChI is InChI=1S/C16H32N4.Cu/c1-13-11-15(3,4)19-10-8-18-14(2)12-16(5,6)20-9-7-17-13;/h13-14H,7-12H2,1-6H3;/q-4;/t13-,14+;/i;1+0. The second-order valence-corrected chi connectivity index (χ2v) is 7.31. The second kappa shape index (κ2) is 9.49. The molecule has 1 aliphatic heterocycles. The second-order valence-electron chi connectivity index (χ2n) is 7.31. The average Bonchev–Trinajstić information content (AvgIpc) is 2.28. The molecule has 1 heterocycles. The third kappa shape index (κ3) is 9.88. The van der Waals surface area contributed by atoms with Crippen molar-refractivity contribution in [2.75, 3.05) is 26.2 Å². The van der Waals surface area contributed by atoms with Crippen LogP contribution < -0.4 is 0 Å². The Bertz CT molecular complexity index is 253. The molecular weight excluding hydrogens is 312 g/mol. The SMILES string of the molecule is C[C@@H]1CC(C)(C)[N-]CC[N-][C@@H](C)CC(C)(C)[N-]CC[N-]1.[64Cu]. The van der Waals surface area contributed by atoms with E-state index in [0.717, 1.165) is 39.0 Å². The van der Waals surface area contributed by atoms with Gasteiger partial charge < -0.3 is 21.3 Å². The van der Waals surface area contributed by atoms with Crippen molar-refractivity contribution in [2.45, 2.75) is 77.5 Å². The summed E-state index contributed by atoms with van der Waals surface area (Å²) < 4.78 is 0. The third-order valence-corrected chi connectivity index (χ3v) is 3.75. The van der Waals surface area contributed by atoms with E-state index < -0.39 is 0 Å². The Balaban J connectivity index is 0.00000400. The molecule has 0 saturated carbocycles. The van der Waals surface area contributed by atoms with Crippen molar-refractivity contribution in [2.24, 2.45) is 0 Å². The van der Waals surface area contributed by atoms with Gasteiger partial charge in [-0.15, -0.1) is 23.2 Å². The van der Waals surface area contributed by atoms with E-state index in [1.165, 1.54) is 0 Å². The van der Waals surface area contributed by atoms with Crippen molar-refractivity contribution in [3.63, 3.8) is 0 Å². The van der Waals surface area contributed by atoms with Crippen molar-refractivity contribution in [3.8, 4) is 0 Å². The first-order chi connectivity index (χ1) is 9.20. The number of nitrogens with zero attached hydrogens (tertiary/aromatic N) is 4. The molecule has 2 atom stereocenters. The Morgan fingerprint density at radius 3 is 1.33 bits per heavy atom. The average molecular weight is 344 g/mol. The fourth-order valence-electron chi connectivity index (χ4n) is 2.97. The predicted octanol–water partition coefficient (Wildman–Crippen LogP) is 4.61. The van der Waals surface area contributed by atoms with Gasteiger partial charge in [0.1, 0.15) is 0 Å². The van der Waals surface area contributed by atoms with Crippen molar-refractivity contribution < 1.29 is 17.1 Å². The van der Waals surface area contributed by atoms with Gasteiger partial charge in [-0.1, -0.05) is 54.4 Å².